The van der Waals surface area contributed by atoms with Crippen molar-refractivity contribution in [1.29, 1.82) is 0 Å². The molecule has 0 bridgehead atoms. The van der Waals surface area contributed by atoms with Gasteiger partial charge in [0.2, 0.25) is 5.91 Å². The van der Waals surface area contributed by atoms with E-state index < -0.39 is 20.5 Å². The van der Waals surface area contributed by atoms with E-state index in [9.17, 15) is 13.2 Å². The second kappa shape index (κ2) is 5.20. The van der Waals surface area contributed by atoms with Crippen molar-refractivity contribution in [3.63, 3.8) is 0 Å². The molecule has 6 nitrogen and oxygen atoms in total. The zero-order chi connectivity index (χ0) is 16.0. The summed E-state index contributed by atoms with van der Waals surface area (Å²) in [6, 6.07) is 5.26. The Morgan fingerprint density at radius 3 is 2.50 bits per heavy atom. The minimum Gasteiger partial charge on any atom is -0.331 e. The van der Waals surface area contributed by atoms with Gasteiger partial charge in [0.25, 0.3) is 0 Å². The van der Waals surface area contributed by atoms with Gasteiger partial charge in [0.1, 0.15) is 0 Å². The van der Waals surface area contributed by atoms with Crippen molar-refractivity contribution < 1.29 is 13.2 Å². The monoisotopic (exact) mass is 339 g/mol. The van der Waals surface area contributed by atoms with Gasteiger partial charge < -0.3 is 15.3 Å². The minimum atomic E-state index is -3.46. The quantitative estimate of drug-likeness (QED) is 0.749. The summed E-state index contributed by atoms with van der Waals surface area (Å²) in [7, 11) is -3.46. The first-order valence-corrected chi connectivity index (χ1v) is 9.35. The van der Waals surface area contributed by atoms with E-state index in [-0.39, 0.29) is 0 Å². The number of aromatic nitrogens is 2. The van der Waals surface area contributed by atoms with Crippen molar-refractivity contribution in [3.8, 4) is 0 Å². The first-order chi connectivity index (χ1) is 10.3. The fourth-order valence-electron chi connectivity index (χ4n) is 3.07. The van der Waals surface area contributed by atoms with Crippen LogP contribution in [-0.4, -0.2) is 35.3 Å². The summed E-state index contributed by atoms with van der Waals surface area (Å²) in [6.07, 6.45) is 3.42. The number of hydrogen-bond donors (Lipinski definition) is 3. The second-order valence-corrected chi connectivity index (χ2v) is 8.50. The van der Waals surface area contributed by atoms with Crippen molar-refractivity contribution in [1.82, 2.24) is 9.97 Å². The third kappa shape index (κ3) is 2.46. The van der Waals surface area contributed by atoms with E-state index >= 15 is 0 Å². The van der Waals surface area contributed by atoms with E-state index in [1.807, 2.05) is 0 Å². The Kier molecular flexibility index (Phi) is 3.60. The van der Waals surface area contributed by atoms with E-state index in [2.05, 4.69) is 15.3 Å². The maximum atomic E-state index is 12.6. The molecule has 0 saturated heterocycles. The lowest BCUT2D eigenvalue weighted by Gasteiger charge is -2.25. The van der Waals surface area contributed by atoms with Crippen LogP contribution in [0.4, 0.5) is 5.69 Å². The summed E-state index contributed by atoms with van der Waals surface area (Å²) in [5, 5.41) is 2.75. The molecule has 118 valence electrons. The molecule has 1 aliphatic rings. The molecule has 1 aromatic heterocycles. The largest absolute Gasteiger partial charge is 0.331 e. The van der Waals surface area contributed by atoms with Crippen molar-refractivity contribution >= 4 is 44.7 Å². The summed E-state index contributed by atoms with van der Waals surface area (Å²) < 4.78 is 23.4. The molecule has 3 N–H and O–H groups in total. The topological polar surface area (TPSA) is 94.8 Å². The summed E-state index contributed by atoms with van der Waals surface area (Å²) in [4.78, 5) is 18.5. The van der Waals surface area contributed by atoms with E-state index in [0.717, 1.165) is 30.1 Å². The van der Waals surface area contributed by atoms with Gasteiger partial charge in [0.15, 0.2) is 19.4 Å². The van der Waals surface area contributed by atoms with E-state index in [1.54, 1.807) is 18.2 Å². The molecule has 0 unspecified atom stereocenters. The Labute approximate surface area is 133 Å². The normalized spacial score (nSPS) is 17.7. The van der Waals surface area contributed by atoms with Gasteiger partial charge in [-0.25, -0.2) is 8.42 Å². The van der Waals surface area contributed by atoms with Crippen molar-refractivity contribution in [2.75, 3.05) is 11.6 Å². The number of aromatic amines is 2. The van der Waals surface area contributed by atoms with Crippen LogP contribution < -0.4 is 5.32 Å². The number of carbonyl (C=O) groups is 1. The number of anilines is 1. The molecule has 8 heteroatoms. The predicted molar refractivity (Wildman–Crippen MR) is 88.2 cm³/mol. The van der Waals surface area contributed by atoms with Crippen LogP contribution in [0.3, 0.4) is 0 Å². The number of H-pyrrole nitrogens is 2. The number of carbonyl (C=O) groups excluding carboxylic acids is 1. The van der Waals surface area contributed by atoms with Crippen LogP contribution in [0.5, 0.6) is 0 Å². The molecular weight excluding hydrogens is 322 g/mol. The second-order valence-electron chi connectivity index (χ2n) is 5.77. The van der Waals surface area contributed by atoms with Crippen LogP contribution in [0.2, 0.25) is 0 Å². The third-order valence-corrected chi connectivity index (χ3v) is 6.53. The molecule has 1 saturated carbocycles. The molecule has 0 radical (unpaired) electrons. The van der Waals surface area contributed by atoms with Crippen LogP contribution in [0.25, 0.3) is 11.0 Å². The number of rotatable bonds is 3. The predicted octanol–water partition coefficient (Wildman–Crippen LogP) is 2.52. The van der Waals surface area contributed by atoms with Gasteiger partial charge in [0, 0.05) is 11.9 Å². The average Bonchev–Trinajstić information content (AvgIpc) is 3.03. The van der Waals surface area contributed by atoms with Crippen molar-refractivity contribution in [2.45, 2.75) is 30.4 Å². The SMILES string of the molecule is CS(=O)(=O)C1(C(=O)Nc2ccc3[nH]c(=S)[nH]c3c2)CCCC1. The third-order valence-electron chi connectivity index (χ3n) is 4.31. The maximum Gasteiger partial charge on any atom is 0.245 e. The molecule has 1 amide bonds. The number of benzene rings is 1. The highest BCUT2D eigenvalue weighted by molar-refractivity contribution is 7.92. The molecule has 1 fully saturated rings. The molecule has 1 aliphatic carbocycles. The van der Waals surface area contributed by atoms with Crippen molar-refractivity contribution in [3.05, 3.63) is 23.0 Å². The van der Waals surface area contributed by atoms with Crippen LogP contribution in [0.1, 0.15) is 25.7 Å². The van der Waals surface area contributed by atoms with Gasteiger partial charge in [0.05, 0.1) is 11.0 Å². The number of nitrogens with one attached hydrogen (secondary N) is 3. The Balaban J connectivity index is 1.93. The van der Waals surface area contributed by atoms with Crippen LogP contribution >= 0.6 is 12.2 Å². The van der Waals surface area contributed by atoms with Crippen LogP contribution in [0.15, 0.2) is 18.2 Å². The molecule has 1 aromatic carbocycles. The standard InChI is InChI=1S/C14H17N3O3S2/c1-22(19,20)14(6-2-3-7-14)12(18)15-9-4-5-10-11(8-9)17-13(21)16-10/h4-5,8H,2-3,6-7H2,1H3,(H,15,18)(H2,16,17,21). The summed E-state index contributed by atoms with van der Waals surface area (Å²) in [6.45, 7) is 0. The highest BCUT2D eigenvalue weighted by Crippen LogP contribution is 2.37. The highest BCUT2D eigenvalue weighted by Gasteiger charge is 2.49. The molecule has 2 aromatic rings. The highest BCUT2D eigenvalue weighted by atomic mass is 32.2. The molecule has 0 atom stereocenters. The number of sulfone groups is 1. The van der Waals surface area contributed by atoms with Gasteiger partial charge in [-0.1, -0.05) is 12.8 Å². The van der Waals surface area contributed by atoms with Gasteiger partial charge in [-0.05, 0) is 43.3 Å². The van der Waals surface area contributed by atoms with Gasteiger partial charge in [-0.2, -0.15) is 0 Å². The molecule has 22 heavy (non-hydrogen) atoms. The van der Waals surface area contributed by atoms with E-state index in [4.69, 9.17) is 12.2 Å². The fraction of sp³-hybridized carbons (Fsp3) is 0.429. The Bertz CT molecular complexity index is 889. The van der Waals surface area contributed by atoms with Gasteiger partial charge in [-0.3, -0.25) is 4.79 Å². The lowest BCUT2D eigenvalue weighted by Crippen LogP contribution is -2.47. The Morgan fingerprint density at radius 1 is 1.23 bits per heavy atom. The summed E-state index contributed by atoms with van der Waals surface area (Å²) in [5.41, 5.74) is 2.15. The number of amides is 1. The number of imidazole rings is 1. The Hall–Kier alpha value is -1.67. The minimum absolute atomic E-state index is 0.381. The summed E-state index contributed by atoms with van der Waals surface area (Å²) in [5.74, 6) is -0.444. The zero-order valence-electron chi connectivity index (χ0n) is 12.1. The molecule has 3 rings (SSSR count). The van der Waals surface area contributed by atoms with Gasteiger partial charge >= 0.3 is 0 Å². The van der Waals surface area contributed by atoms with Crippen molar-refractivity contribution in [2.24, 2.45) is 0 Å². The molecule has 0 spiro atoms. The first-order valence-electron chi connectivity index (χ1n) is 7.05. The van der Waals surface area contributed by atoms with E-state index in [1.165, 1.54) is 0 Å². The smallest absolute Gasteiger partial charge is 0.245 e. The van der Waals surface area contributed by atoms with E-state index in [0.29, 0.717) is 23.3 Å². The number of fused-ring (bicyclic) bond motifs is 1. The molecular formula is C14H17N3O3S2. The lowest BCUT2D eigenvalue weighted by molar-refractivity contribution is -0.118. The number of hydrogen-bond acceptors (Lipinski definition) is 4. The lowest BCUT2D eigenvalue weighted by atomic mass is 10.1. The first kappa shape index (κ1) is 15.2. The van der Waals surface area contributed by atoms with Crippen LogP contribution in [-0.2, 0) is 14.6 Å². The van der Waals surface area contributed by atoms with Gasteiger partial charge in [-0.15, -0.1) is 0 Å². The Morgan fingerprint density at radius 2 is 1.86 bits per heavy atom. The molecule has 0 aliphatic heterocycles. The molecule has 1 heterocycles. The maximum absolute atomic E-state index is 12.6. The summed E-state index contributed by atoms with van der Waals surface area (Å²) >= 11 is 5.02. The fourth-order valence-corrected chi connectivity index (χ4v) is 4.71. The average molecular weight is 339 g/mol. The zero-order valence-corrected chi connectivity index (χ0v) is 13.7. The van der Waals surface area contributed by atoms with Crippen LogP contribution in [0, 0.1) is 4.77 Å².